The fraction of sp³-hybridized carbons (Fsp3) is 0.316. The fourth-order valence-electron chi connectivity index (χ4n) is 2.74. The number of halogens is 3. The lowest BCUT2D eigenvalue weighted by Crippen LogP contribution is -2.15. The van der Waals surface area contributed by atoms with E-state index in [1.54, 1.807) is 24.3 Å². The first kappa shape index (κ1) is 20.5. The number of nitrogens with zero attached hydrogens (tertiary/aromatic N) is 2. The fourth-order valence-corrected chi connectivity index (χ4v) is 4.58. The van der Waals surface area contributed by atoms with Crippen LogP contribution in [0.5, 0.6) is 0 Å². The van der Waals surface area contributed by atoms with Gasteiger partial charge >= 0.3 is 6.18 Å². The number of thiazole rings is 2. The van der Waals surface area contributed by atoms with Crippen molar-refractivity contribution in [3.8, 4) is 0 Å². The lowest BCUT2D eigenvalue weighted by atomic mass is 10.1. The summed E-state index contributed by atoms with van der Waals surface area (Å²) in [6.07, 6.45) is -3.92. The van der Waals surface area contributed by atoms with Gasteiger partial charge in [0, 0.05) is 11.3 Å². The van der Waals surface area contributed by atoms with Gasteiger partial charge in [0.25, 0.3) is 0 Å². The molecule has 0 radical (unpaired) electrons. The zero-order valence-corrected chi connectivity index (χ0v) is 17.1. The predicted molar refractivity (Wildman–Crippen MR) is 105 cm³/mol. The van der Waals surface area contributed by atoms with Crippen LogP contribution in [0.2, 0.25) is 0 Å². The number of alkyl halides is 3. The molecule has 4 nitrogen and oxygen atoms in total. The van der Waals surface area contributed by atoms with Crippen LogP contribution in [0.4, 0.5) is 18.2 Å². The van der Waals surface area contributed by atoms with Gasteiger partial charge in [0.2, 0.25) is 5.91 Å². The van der Waals surface area contributed by atoms with Gasteiger partial charge < -0.3 is 5.32 Å². The molecule has 28 heavy (non-hydrogen) atoms. The van der Waals surface area contributed by atoms with Gasteiger partial charge in [-0.3, -0.25) is 4.79 Å². The van der Waals surface area contributed by atoms with Crippen LogP contribution < -0.4 is 5.32 Å². The molecule has 3 aromatic rings. The summed E-state index contributed by atoms with van der Waals surface area (Å²) in [4.78, 5) is 22.1. The number of carbonyl (C=O) groups is 1. The molecule has 0 saturated heterocycles. The lowest BCUT2D eigenvalue weighted by Gasteiger charge is -2.07. The van der Waals surface area contributed by atoms with E-state index in [0.717, 1.165) is 27.7 Å². The molecular weight excluding hydrogens is 407 g/mol. The molecule has 0 atom stereocenters. The highest BCUT2D eigenvalue weighted by atomic mass is 32.1. The van der Waals surface area contributed by atoms with Crippen LogP contribution in [0.1, 0.15) is 37.4 Å². The zero-order valence-electron chi connectivity index (χ0n) is 15.5. The van der Waals surface area contributed by atoms with E-state index in [2.05, 4.69) is 15.3 Å². The number of hydrogen-bond acceptors (Lipinski definition) is 5. The van der Waals surface area contributed by atoms with E-state index in [1.165, 1.54) is 17.4 Å². The molecule has 9 heteroatoms. The van der Waals surface area contributed by atoms with Crippen molar-refractivity contribution < 1.29 is 18.0 Å². The molecule has 0 saturated carbocycles. The van der Waals surface area contributed by atoms with Crippen molar-refractivity contribution in [2.45, 2.75) is 39.8 Å². The minimum atomic E-state index is -4.37. The van der Waals surface area contributed by atoms with Crippen LogP contribution in [0.15, 0.2) is 24.3 Å². The molecule has 148 valence electrons. The smallest absolute Gasteiger partial charge is 0.316 e. The number of aryl methyl sites for hydroxylation is 3. The van der Waals surface area contributed by atoms with E-state index in [0.29, 0.717) is 21.3 Å². The number of hydrogen-bond donors (Lipinski definition) is 1. The third-order valence-corrected chi connectivity index (χ3v) is 6.03. The molecule has 3 rings (SSSR count). The molecule has 1 N–H and O–H groups in total. The Morgan fingerprint density at radius 1 is 1.14 bits per heavy atom. The van der Waals surface area contributed by atoms with E-state index in [1.807, 2.05) is 13.8 Å². The van der Waals surface area contributed by atoms with E-state index in [-0.39, 0.29) is 18.7 Å². The summed E-state index contributed by atoms with van der Waals surface area (Å²) in [7, 11) is 0. The van der Waals surface area contributed by atoms with Gasteiger partial charge in [-0.25, -0.2) is 9.97 Å². The summed E-state index contributed by atoms with van der Waals surface area (Å²) in [6.45, 7) is 5.59. The molecule has 2 heterocycles. The molecule has 0 aliphatic rings. The number of amides is 1. The van der Waals surface area contributed by atoms with Crippen molar-refractivity contribution in [3.05, 3.63) is 61.7 Å². The number of benzene rings is 1. The molecule has 0 aliphatic carbocycles. The highest BCUT2D eigenvalue weighted by Gasteiger charge is 2.30. The monoisotopic (exact) mass is 425 g/mol. The van der Waals surface area contributed by atoms with E-state index < -0.39 is 11.7 Å². The summed E-state index contributed by atoms with van der Waals surface area (Å²) in [5.74, 6) is -0.189. The molecule has 0 spiro atoms. The Morgan fingerprint density at radius 3 is 2.54 bits per heavy atom. The van der Waals surface area contributed by atoms with Crippen molar-refractivity contribution >= 4 is 33.6 Å². The summed E-state index contributed by atoms with van der Waals surface area (Å²) >= 11 is 2.82. The van der Waals surface area contributed by atoms with Crippen LogP contribution in [-0.4, -0.2) is 15.9 Å². The average Bonchev–Trinajstić information content (AvgIpc) is 3.08. The highest BCUT2D eigenvalue weighted by Crippen LogP contribution is 2.31. The molecule has 1 aromatic carbocycles. The van der Waals surface area contributed by atoms with Gasteiger partial charge in [-0.05, 0) is 32.4 Å². The van der Waals surface area contributed by atoms with E-state index in [9.17, 15) is 18.0 Å². The average molecular weight is 426 g/mol. The van der Waals surface area contributed by atoms with Crippen LogP contribution in [0, 0.1) is 20.8 Å². The van der Waals surface area contributed by atoms with Crippen molar-refractivity contribution in [1.82, 2.24) is 9.97 Å². The van der Waals surface area contributed by atoms with Gasteiger partial charge in [-0.15, -0.1) is 22.7 Å². The van der Waals surface area contributed by atoms with Crippen molar-refractivity contribution in [2.75, 3.05) is 5.32 Å². The molecule has 1 amide bonds. The minimum absolute atomic E-state index is 0.177. The second kappa shape index (κ2) is 8.00. The number of nitrogens with one attached hydrogen (secondary N) is 1. The maximum absolute atomic E-state index is 12.9. The Hall–Kier alpha value is -2.26. The Balaban J connectivity index is 1.69. The van der Waals surface area contributed by atoms with Crippen LogP contribution in [0.25, 0.3) is 0 Å². The second-order valence-corrected chi connectivity index (χ2v) is 8.85. The maximum atomic E-state index is 12.9. The minimum Gasteiger partial charge on any atom is -0.316 e. The SMILES string of the molecule is Cc1nc(CC(=O)Nc2sc(Cc3cccc(C(F)(F)F)c3)nc2C)c(C)s1. The number of anilines is 1. The Labute approximate surface area is 168 Å². The Kier molecular flexibility index (Phi) is 5.85. The number of aromatic nitrogens is 2. The largest absolute Gasteiger partial charge is 0.416 e. The Morgan fingerprint density at radius 2 is 1.89 bits per heavy atom. The zero-order chi connectivity index (χ0) is 20.5. The third-order valence-electron chi connectivity index (χ3n) is 4.03. The van der Waals surface area contributed by atoms with Crippen LogP contribution in [0.3, 0.4) is 0 Å². The van der Waals surface area contributed by atoms with Gasteiger partial charge in [0.1, 0.15) is 5.00 Å². The van der Waals surface area contributed by atoms with Crippen LogP contribution >= 0.6 is 22.7 Å². The lowest BCUT2D eigenvalue weighted by molar-refractivity contribution is -0.137. The maximum Gasteiger partial charge on any atom is 0.416 e. The topological polar surface area (TPSA) is 54.9 Å². The highest BCUT2D eigenvalue weighted by molar-refractivity contribution is 7.16. The summed E-state index contributed by atoms with van der Waals surface area (Å²) < 4.78 is 38.6. The van der Waals surface area contributed by atoms with Crippen LogP contribution in [-0.2, 0) is 23.8 Å². The van der Waals surface area contributed by atoms with Gasteiger partial charge in [0.05, 0.1) is 33.4 Å². The summed E-state index contributed by atoms with van der Waals surface area (Å²) in [5.41, 5.74) is 1.24. The number of rotatable bonds is 5. The summed E-state index contributed by atoms with van der Waals surface area (Å²) in [5, 5.41) is 5.01. The molecule has 0 unspecified atom stereocenters. The second-order valence-electron chi connectivity index (χ2n) is 6.36. The Bertz CT molecular complexity index is 1010. The molecular formula is C19H18F3N3OS2. The predicted octanol–water partition coefficient (Wildman–Crippen LogP) is 5.32. The summed E-state index contributed by atoms with van der Waals surface area (Å²) in [6, 6.07) is 5.20. The first-order valence-electron chi connectivity index (χ1n) is 8.47. The first-order chi connectivity index (χ1) is 13.1. The standard InChI is InChI=1S/C19H18F3N3OS2/c1-10-18(25-16(26)9-15-11(2)27-12(3)24-15)28-17(23-10)8-13-5-4-6-14(7-13)19(20,21)22/h4-7H,8-9H2,1-3H3,(H,25,26). The van der Waals surface area contributed by atoms with E-state index in [4.69, 9.17) is 0 Å². The molecule has 0 bridgehead atoms. The van der Waals surface area contributed by atoms with Crippen molar-refractivity contribution in [2.24, 2.45) is 0 Å². The van der Waals surface area contributed by atoms with Crippen molar-refractivity contribution in [3.63, 3.8) is 0 Å². The van der Waals surface area contributed by atoms with E-state index >= 15 is 0 Å². The molecule has 0 fully saturated rings. The van der Waals surface area contributed by atoms with Gasteiger partial charge in [0.15, 0.2) is 0 Å². The normalized spacial score (nSPS) is 11.6. The van der Waals surface area contributed by atoms with Gasteiger partial charge in [-0.2, -0.15) is 13.2 Å². The van der Waals surface area contributed by atoms with Gasteiger partial charge in [-0.1, -0.05) is 18.2 Å². The van der Waals surface area contributed by atoms with Crippen molar-refractivity contribution in [1.29, 1.82) is 0 Å². The molecule has 2 aromatic heterocycles. The quantitative estimate of drug-likeness (QED) is 0.602. The first-order valence-corrected chi connectivity index (χ1v) is 10.1. The number of carbonyl (C=O) groups excluding carboxylic acids is 1. The molecule has 0 aliphatic heterocycles. The third kappa shape index (κ3) is 4.96.